The standard InChI is InChI=1S/C12H14BrF3N2O3/c1-6(2)18-5-7(13)4-8(18)9(19)17-11(3,10(20)21)12(14,15)16/h4-6H,1-3H3,(H,17,19)(H,20,21). The molecule has 118 valence electrons. The molecular weight excluding hydrogens is 357 g/mol. The number of nitrogens with one attached hydrogen (secondary N) is 1. The second-order valence-electron chi connectivity index (χ2n) is 4.93. The minimum atomic E-state index is -5.12. The molecule has 0 radical (unpaired) electrons. The van der Waals surface area contributed by atoms with Crippen LogP contribution in [0.15, 0.2) is 16.7 Å². The van der Waals surface area contributed by atoms with Crippen LogP contribution >= 0.6 is 15.9 Å². The van der Waals surface area contributed by atoms with Crippen LogP contribution in [0.3, 0.4) is 0 Å². The number of amides is 1. The van der Waals surface area contributed by atoms with Crippen molar-refractivity contribution in [1.29, 1.82) is 0 Å². The van der Waals surface area contributed by atoms with Gasteiger partial charge in [0, 0.05) is 16.7 Å². The summed E-state index contributed by atoms with van der Waals surface area (Å²) < 4.78 is 40.6. The zero-order chi connectivity index (χ0) is 16.6. The van der Waals surface area contributed by atoms with Gasteiger partial charge in [-0.1, -0.05) is 0 Å². The first-order chi connectivity index (χ1) is 9.40. The van der Waals surface area contributed by atoms with E-state index in [0.717, 1.165) is 0 Å². The van der Waals surface area contributed by atoms with Crippen LogP contribution in [-0.4, -0.2) is 33.3 Å². The number of carboxylic acid groups (broad SMARTS) is 1. The van der Waals surface area contributed by atoms with E-state index in [1.165, 1.54) is 16.8 Å². The largest absolute Gasteiger partial charge is 0.479 e. The van der Waals surface area contributed by atoms with Crippen molar-refractivity contribution < 1.29 is 27.9 Å². The minimum absolute atomic E-state index is 0.0615. The van der Waals surface area contributed by atoms with Crippen molar-refractivity contribution in [2.24, 2.45) is 0 Å². The Morgan fingerprint density at radius 2 is 1.90 bits per heavy atom. The third kappa shape index (κ3) is 3.39. The molecule has 5 nitrogen and oxygen atoms in total. The number of alkyl halides is 3. The fraction of sp³-hybridized carbons (Fsp3) is 0.500. The van der Waals surface area contributed by atoms with Crippen molar-refractivity contribution in [3.05, 3.63) is 22.4 Å². The number of aliphatic carboxylic acids is 1. The Bertz CT molecular complexity index is 569. The molecule has 1 amide bonds. The van der Waals surface area contributed by atoms with Crippen LogP contribution in [0, 0.1) is 0 Å². The van der Waals surface area contributed by atoms with Gasteiger partial charge in [-0.3, -0.25) is 4.79 Å². The summed E-state index contributed by atoms with van der Waals surface area (Å²) in [6, 6.07) is 1.15. The lowest BCUT2D eigenvalue weighted by Gasteiger charge is -2.28. The van der Waals surface area contributed by atoms with Gasteiger partial charge in [-0.15, -0.1) is 0 Å². The van der Waals surface area contributed by atoms with Crippen molar-refractivity contribution in [2.75, 3.05) is 0 Å². The molecule has 2 N–H and O–H groups in total. The second-order valence-corrected chi connectivity index (χ2v) is 5.84. The van der Waals surface area contributed by atoms with Gasteiger partial charge in [0.25, 0.3) is 5.91 Å². The predicted molar refractivity (Wildman–Crippen MR) is 72.1 cm³/mol. The topological polar surface area (TPSA) is 71.3 Å². The minimum Gasteiger partial charge on any atom is -0.479 e. The molecule has 1 atom stereocenters. The van der Waals surface area contributed by atoms with Gasteiger partial charge < -0.3 is 15.0 Å². The molecule has 0 saturated carbocycles. The average Bonchev–Trinajstić information content (AvgIpc) is 2.69. The molecule has 0 aliphatic rings. The SMILES string of the molecule is CC(C)n1cc(Br)cc1C(=O)NC(C)(C(=O)O)C(F)(F)F. The maximum atomic E-state index is 12.9. The van der Waals surface area contributed by atoms with Crippen molar-refractivity contribution in [3.63, 3.8) is 0 Å². The van der Waals surface area contributed by atoms with Crippen LogP contribution in [0.1, 0.15) is 37.3 Å². The highest BCUT2D eigenvalue weighted by molar-refractivity contribution is 9.10. The maximum Gasteiger partial charge on any atom is 0.422 e. The van der Waals surface area contributed by atoms with Gasteiger partial charge >= 0.3 is 12.1 Å². The fourth-order valence-electron chi connectivity index (χ4n) is 1.59. The van der Waals surface area contributed by atoms with E-state index in [1.807, 2.05) is 0 Å². The number of halogens is 4. The number of aromatic nitrogens is 1. The first kappa shape index (κ1) is 17.5. The molecule has 1 rings (SSSR count). The normalized spacial score (nSPS) is 14.9. The molecule has 0 fully saturated rings. The van der Waals surface area contributed by atoms with Crippen LogP contribution in [0.4, 0.5) is 13.2 Å². The predicted octanol–water partition coefficient (Wildman–Crippen LogP) is 2.97. The molecule has 0 aliphatic carbocycles. The maximum absolute atomic E-state index is 12.9. The Hall–Kier alpha value is -1.51. The fourth-order valence-corrected chi connectivity index (χ4v) is 2.03. The van der Waals surface area contributed by atoms with Gasteiger partial charge in [-0.05, 0) is 42.8 Å². The van der Waals surface area contributed by atoms with Crippen LogP contribution < -0.4 is 5.32 Å². The molecule has 0 aromatic carbocycles. The highest BCUT2D eigenvalue weighted by Crippen LogP contribution is 2.31. The molecule has 1 heterocycles. The van der Waals surface area contributed by atoms with Gasteiger partial charge in [0.15, 0.2) is 0 Å². The Kier molecular flexibility index (Phi) is 4.76. The molecule has 1 unspecified atom stereocenters. The average molecular weight is 371 g/mol. The summed E-state index contributed by atoms with van der Waals surface area (Å²) in [6.45, 7) is 3.89. The monoisotopic (exact) mass is 370 g/mol. The van der Waals surface area contributed by atoms with E-state index in [2.05, 4.69) is 15.9 Å². The molecule has 1 aromatic heterocycles. The highest BCUT2D eigenvalue weighted by Gasteiger charge is 2.58. The third-order valence-electron chi connectivity index (χ3n) is 2.96. The van der Waals surface area contributed by atoms with Crippen LogP contribution in [0.25, 0.3) is 0 Å². The summed E-state index contributed by atoms with van der Waals surface area (Å²) in [5.74, 6) is -3.29. The summed E-state index contributed by atoms with van der Waals surface area (Å²) in [6.07, 6.45) is -3.59. The van der Waals surface area contributed by atoms with Gasteiger partial charge in [-0.25, -0.2) is 4.79 Å². The number of rotatable bonds is 4. The van der Waals surface area contributed by atoms with Crippen molar-refractivity contribution in [2.45, 2.75) is 38.5 Å². The number of carboxylic acids is 1. The zero-order valence-corrected chi connectivity index (χ0v) is 13.0. The van der Waals surface area contributed by atoms with E-state index in [-0.39, 0.29) is 11.7 Å². The lowest BCUT2D eigenvalue weighted by Crippen LogP contribution is -2.62. The van der Waals surface area contributed by atoms with Gasteiger partial charge in [-0.2, -0.15) is 13.2 Å². The quantitative estimate of drug-likeness (QED) is 0.855. The summed E-state index contributed by atoms with van der Waals surface area (Å²) >= 11 is 3.13. The lowest BCUT2D eigenvalue weighted by atomic mass is 10.0. The number of carbonyl (C=O) groups excluding carboxylic acids is 1. The van der Waals surface area contributed by atoms with Gasteiger partial charge in [0.05, 0.1) is 0 Å². The van der Waals surface area contributed by atoms with Crippen LogP contribution in [0.5, 0.6) is 0 Å². The lowest BCUT2D eigenvalue weighted by molar-refractivity contribution is -0.203. The Labute approximate surface area is 127 Å². The number of hydrogen-bond acceptors (Lipinski definition) is 2. The number of carbonyl (C=O) groups is 2. The Morgan fingerprint density at radius 3 is 2.29 bits per heavy atom. The Balaban J connectivity index is 3.18. The van der Waals surface area contributed by atoms with E-state index in [9.17, 15) is 22.8 Å². The van der Waals surface area contributed by atoms with Crippen LogP contribution in [-0.2, 0) is 4.79 Å². The number of nitrogens with zero attached hydrogens (tertiary/aromatic N) is 1. The van der Waals surface area contributed by atoms with E-state index in [0.29, 0.717) is 11.4 Å². The van der Waals surface area contributed by atoms with E-state index in [1.54, 1.807) is 19.2 Å². The summed E-state index contributed by atoms with van der Waals surface area (Å²) in [7, 11) is 0. The molecule has 9 heteroatoms. The molecule has 0 bridgehead atoms. The molecule has 0 aliphatic heterocycles. The summed E-state index contributed by atoms with van der Waals surface area (Å²) in [5.41, 5.74) is -3.42. The smallest absolute Gasteiger partial charge is 0.422 e. The number of hydrogen-bond donors (Lipinski definition) is 2. The van der Waals surface area contributed by atoms with Crippen LogP contribution in [0.2, 0.25) is 0 Å². The van der Waals surface area contributed by atoms with Gasteiger partial charge in [0.1, 0.15) is 5.69 Å². The second kappa shape index (κ2) is 5.70. The van der Waals surface area contributed by atoms with Gasteiger partial charge in [0.2, 0.25) is 5.54 Å². The Morgan fingerprint density at radius 1 is 1.38 bits per heavy atom. The molecule has 21 heavy (non-hydrogen) atoms. The highest BCUT2D eigenvalue weighted by atomic mass is 79.9. The van der Waals surface area contributed by atoms with E-state index in [4.69, 9.17) is 5.11 Å². The molecule has 0 spiro atoms. The van der Waals surface area contributed by atoms with Crippen molar-refractivity contribution >= 4 is 27.8 Å². The molecule has 1 aromatic rings. The summed E-state index contributed by atoms with van der Waals surface area (Å²) in [5, 5.41) is 10.3. The molecular formula is C12H14BrF3N2O3. The van der Waals surface area contributed by atoms with E-state index < -0.39 is 23.6 Å². The van der Waals surface area contributed by atoms with Crippen molar-refractivity contribution in [3.8, 4) is 0 Å². The first-order valence-corrected chi connectivity index (χ1v) is 6.69. The first-order valence-electron chi connectivity index (χ1n) is 5.90. The summed E-state index contributed by atoms with van der Waals surface area (Å²) in [4.78, 5) is 22.9. The van der Waals surface area contributed by atoms with E-state index >= 15 is 0 Å². The zero-order valence-electron chi connectivity index (χ0n) is 11.5. The molecule has 0 saturated heterocycles. The third-order valence-corrected chi connectivity index (χ3v) is 3.40. The van der Waals surface area contributed by atoms with Crippen molar-refractivity contribution in [1.82, 2.24) is 9.88 Å².